The van der Waals surface area contributed by atoms with E-state index in [0.717, 1.165) is 5.57 Å². The van der Waals surface area contributed by atoms with E-state index in [2.05, 4.69) is 43.1 Å². The first-order chi connectivity index (χ1) is 8.62. The van der Waals surface area contributed by atoms with E-state index in [-0.39, 0.29) is 0 Å². The van der Waals surface area contributed by atoms with Crippen molar-refractivity contribution in [3.05, 3.63) is 72.9 Å². The molecule has 0 radical (unpaired) electrons. The molecule has 0 heterocycles. The second-order valence-corrected chi connectivity index (χ2v) is 3.51. The van der Waals surface area contributed by atoms with Crippen molar-refractivity contribution in [2.24, 2.45) is 0 Å². The summed E-state index contributed by atoms with van der Waals surface area (Å²) in [5, 5.41) is 0. The monoisotopic (exact) mass is 246 g/mol. The van der Waals surface area contributed by atoms with Crippen molar-refractivity contribution < 1.29 is 0 Å². The number of hydrogen-bond acceptors (Lipinski definition) is 2. The van der Waals surface area contributed by atoms with Crippen molar-refractivity contribution in [1.29, 1.82) is 0 Å². The lowest BCUT2D eigenvalue weighted by molar-refractivity contribution is 0.689. The van der Waals surface area contributed by atoms with Crippen LogP contribution in [0.25, 0.3) is 0 Å². The second kappa shape index (κ2) is 15.4. The Balaban J connectivity index is 0. The normalized spacial score (nSPS) is 9.22. The lowest BCUT2D eigenvalue weighted by Gasteiger charge is -1.82. The predicted molar refractivity (Wildman–Crippen MR) is 83.4 cm³/mol. The predicted octanol–water partition coefficient (Wildman–Crippen LogP) is 3.64. The maximum Gasteiger partial charge on any atom is -0.00150 e. The van der Waals surface area contributed by atoms with Crippen molar-refractivity contribution in [3.63, 3.8) is 0 Å². The Bertz CT molecular complexity index is 324. The average Bonchev–Trinajstić information content (AvgIpc) is 2.41. The van der Waals surface area contributed by atoms with Crippen molar-refractivity contribution in [2.45, 2.75) is 13.8 Å². The number of rotatable bonds is 3. The first-order valence-corrected chi connectivity index (χ1v) is 5.89. The molecule has 0 unspecified atom stereocenters. The molecule has 0 bridgehead atoms. The molecule has 2 heteroatoms. The van der Waals surface area contributed by atoms with Crippen molar-refractivity contribution in [1.82, 2.24) is 10.9 Å². The smallest absolute Gasteiger partial charge is 0.00150 e. The molecule has 0 amide bonds. The molecule has 100 valence electrons. The quantitative estimate of drug-likeness (QED) is 0.628. The molecular weight excluding hydrogens is 220 g/mol. The van der Waals surface area contributed by atoms with Crippen LogP contribution in [0.5, 0.6) is 0 Å². The molecule has 2 nitrogen and oxygen atoms in total. The van der Waals surface area contributed by atoms with Gasteiger partial charge in [-0.05, 0) is 27.9 Å². The second-order valence-electron chi connectivity index (χ2n) is 3.51. The van der Waals surface area contributed by atoms with E-state index in [4.69, 9.17) is 0 Å². The van der Waals surface area contributed by atoms with Crippen LogP contribution in [0, 0.1) is 6.92 Å². The van der Waals surface area contributed by atoms with Crippen LogP contribution < -0.4 is 10.9 Å². The van der Waals surface area contributed by atoms with Gasteiger partial charge in [-0.3, -0.25) is 10.9 Å². The van der Waals surface area contributed by atoms with Gasteiger partial charge in [0.1, 0.15) is 0 Å². The van der Waals surface area contributed by atoms with E-state index in [9.17, 15) is 0 Å². The Morgan fingerprint density at radius 2 is 1.56 bits per heavy atom. The van der Waals surface area contributed by atoms with Crippen LogP contribution in [0.1, 0.15) is 12.5 Å². The van der Waals surface area contributed by atoms with Crippen LogP contribution in [0.3, 0.4) is 0 Å². The van der Waals surface area contributed by atoms with Crippen LogP contribution in [-0.2, 0) is 0 Å². The standard InChI is InChI=1S/C7H8.C7H10.C2H8N2/c1-7-5-3-2-4-6-7;1-4-6-7(3)5-2;1-3-4-2/h2-6H,1H3;4-6H,1-2H2,3H3;3-4H,1-2H3/b;7-6-;. The van der Waals surface area contributed by atoms with Crippen molar-refractivity contribution in [2.75, 3.05) is 14.1 Å². The van der Waals surface area contributed by atoms with E-state index >= 15 is 0 Å². The highest BCUT2D eigenvalue weighted by Gasteiger charge is 1.72. The van der Waals surface area contributed by atoms with Gasteiger partial charge in [0.05, 0.1) is 0 Å². The molecule has 0 fully saturated rings. The van der Waals surface area contributed by atoms with Gasteiger partial charge in [-0.25, -0.2) is 0 Å². The summed E-state index contributed by atoms with van der Waals surface area (Å²) in [4.78, 5) is 0. The molecular formula is C16H26N2. The molecule has 2 N–H and O–H groups in total. The first-order valence-electron chi connectivity index (χ1n) is 5.89. The van der Waals surface area contributed by atoms with E-state index in [1.54, 1.807) is 12.2 Å². The van der Waals surface area contributed by atoms with Crippen molar-refractivity contribution in [3.8, 4) is 0 Å². The molecule has 0 aromatic heterocycles. The lowest BCUT2D eigenvalue weighted by Crippen LogP contribution is -2.21. The number of allylic oxidation sites excluding steroid dienone is 4. The summed E-state index contributed by atoms with van der Waals surface area (Å²) in [6.07, 6.45) is 5.45. The number of aryl methyl sites for hydroxylation is 1. The molecule has 0 saturated carbocycles. The number of hydrogen-bond donors (Lipinski definition) is 2. The summed E-state index contributed by atoms with van der Waals surface area (Å²) in [7, 11) is 3.64. The summed E-state index contributed by atoms with van der Waals surface area (Å²) < 4.78 is 0. The largest absolute Gasteiger partial charge is 0.261 e. The number of benzene rings is 1. The van der Waals surface area contributed by atoms with Gasteiger partial charge in [-0.2, -0.15) is 0 Å². The fourth-order valence-corrected chi connectivity index (χ4v) is 0.788. The Labute approximate surface area is 112 Å². The Morgan fingerprint density at radius 3 is 1.72 bits per heavy atom. The first kappa shape index (κ1) is 18.7. The molecule has 1 rings (SSSR count). The van der Waals surface area contributed by atoms with Gasteiger partial charge in [-0.1, -0.05) is 72.9 Å². The summed E-state index contributed by atoms with van der Waals surface area (Å²) in [6.45, 7) is 11.2. The average molecular weight is 246 g/mol. The zero-order valence-corrected chi connectivity index (χ0v) is 12.0. The van der Waals surface area contributed by atoms with Gasteiger partial charge >= 0.3 is 0 Å². The van der Waals surface area contributed by atoms with E-state index in [1.165, 1.54) is 5.56 Å². The highest BCUT2D eigenvalue weighted by molar-refractivity contribution is 5.17. The third-order valence-corrected chi connectivity index (χ3v) is 1.89. The van der Waals surface area contributed by atoms with Gasteiger partial charge in [0.15, 0.2) is 0 Å². The molecule has 0 aliphatic rings. The van der Waals surface area contributed by atoms with Crippen molar-refractivity contribution >= 4 is 0 Å². The summed E-state index contributed by atoms with van der Waals surface area (Å²) >= 11 is 0. The molecule has 0 aliphatic heterocycles. The van der Waals surface area contributed by atoms with E-state index in [1.807, 2.05) is 45.3 Å². The Morgan fingerprint density at radius 1 is 1.06 bits per heavy atom. The maximum absolute atomic E-state index is 3.56. The van der Waals surface area contributed by atoms with Crippen LogP contribution in [0.15, 0.2) is 67.3 Å². The van der Waals surface area contributed by atoms with Crippen LogP contribution in [0.4, 0.5) is 0 Å². The van der Waals surface area contributed by atoms with Crippen LogP contribution >= 0.6 is 0 Å². The molecule has 0 spiro atoms. The molecule has 0 aliphatic carbocycles. The third-order valence-electron chi connectivity index (χ3n) is 1.89. The summed E-state index contributed by atoms with van der Waals surface area (Å²) in [5.41, 5.74) is 7.83. The number of nitrogens with one attached hydrogen (secondary N) is 2. The van der Waals surface area contributed by atoms with Crippen LogP contribution in [-0.4, -0.2) is 14.1 Å². The fraction of sp³-hybridized carbons (Fsp3) is 0.250. The Kier molecular flexibility index (Phi) is 16.0. The summed E-state index contributed by atoms with van der Waals surface area (Å²) in [6, 6.07) is 10.3. The third kappa shape index (κ3) is 16.8. The molecule has 1 aromatic carbocycles. The molecule has 1 aromatic rings. The van der Waals surface area contributed by atoms with Gasteiger partial charge in [0.25, 0.3) is 0 Å². The van der Waals surface area contributed by atoms with Crippen LogP contribution in [0.2, 0.25) is 0 Å². The summed E-state index contributed by atoms with van der Waals surface area (Å²) in [5.74, 6) is 0. The number of hydrazine groups is 1. The maximum atomic E-state index is 3.56. The topological polar surface area (TPSA) is 24.1 Å². The molecule has 0 saturated heterocycles. The fourth-order valence-electron chi connectivity index (χ4n) is 0.788. The van der Waals surface area contributed by atoms with E-state index < -0.39 is 0 Å². The minimum Gasteiger partial charge on any atom is -0.261 e. The minimum atomic E-state index is 1.15. The Hall–Kier alpha value is -1.64. The highest BCUT2D eigenvalue weighted by Crippen LogP contribution is 1.92. The molecule has 0 atom stereocenters. The zero-order valence-electron chi connectivity index (χ0n) is 12.0. The SMILES string of the molecule is C=C/C=C(/C)C=C.CNNC.Cc1ccccc1. The van der Waals surface area contributed by atoms with Gasteiger partial charge in [0.2, 0.25) is 0 Å². The zero-order chi connectivity index (χ0) is 14.2. The highest BCUT2D eigenvalue weighted by atomic mass is 15.3. The minimum absolute atomic E-state index is 1.15. The van der Waals surface area contributed by atoms with Gasteiger partial charge in [-0.15, -0.1) is 0 Å². The van der Waals surface area contributed by atoms with E-state index in [0.29, 0.717) is 0 Å². The lowest BCUT2D eigenvalue weighted by atomic mass is 10.2. The molecule has 18 heavy (non-hydrogen) atoms. The van der Waals surface area contributed by atoms with Gasteiger partial charge < -0.3 is 0 Å². The van der Waals surface area contributed by atoms with Gasteiger partial charge in [0, 0.05) is 0 Å².